The molecule has 8 nitrogen and oxygen atoms in total. The van der Waals surface area contributed by atoms with Crippen molar-refractivity contribution in [1.29, 1.82) is 0 Å². The van der Waals surface area contributed by atoms with Crippen LogP contribution >= 0.6 is 0 Å². The number of hydrogen-bond acceptors (Lipinski definition) is 6. The highest BCUT2D eigenvalue weighted by Gasteiger charge is 2.38. The van der Waals surface area contributed by atoms with E-state index in [1.807, 2.05) is 52.8 Å². The number of rotatable bonds is 6. The van der Waals surface area contributed by atoms with Crippen LogP contribution in [0.3, 0.4) is 0 Å². The monoisotopic (exact) mass is 537 g/mol. The van der Waals surface area contributed by atoms with Crippen LogP contribution in [0.15, 0.2) is 54.9 Å². The molecule has 3 atom stereocenters. The molecule has 1 amide bonds. The molecule has 2 aromatic carbocycles. The Balaban J connectivity index is 1.29. The maximum Gasteiger partial charge on any atom is 0.222 e. The molecule has 4 heterocycles. The molecule has 0 unspecified atom stereocenters. The summed E-state index contributed by atoms with van der Waals surface area (Å²) in [5, 5.41) is 11.8. The number of aromatic nitrogens is 3. The molecule has 8 heteroatoms. The second kappa shape index (κ2) is 9.34. The molecule has 1 aliphatic carbocycles. The van der Waals surface area contributed by atoms with Crippen LogP contribution in [0.1, 0.15) is 79.8 Å². The van der Waals surface area contributed by atoms with Gasteiger partial charge < -0.3 is 20.5 Å². The minimum atomic E-state index is -1.24. The summed E-state index contributed by atoms with van der Waals surface area (Å²) < 4.78 is 7.88. The van der Waals surface area contributed by atoms with Crippen molar-refractivity contribution in [2.75, 3.05) is 19.4 Å². The largest absolute Gasteiger partial charge is 0.496 e. The smallest absolute Gasteiger partial charge is 0.222 e. The first-order valence-electron chi connectivity index (χ1n) is 14.3. The number of fused-ring (bicyclic) bond motifs is 2. The van der Waals surface area contributed by atoms with Gasteiger partial charge in [0.1, 0.15) is 34.2 Å². The van der Waals surface area contributed by atoms with Gasteiger partial charge in [-0.15, -0.1) is 0 Å². The Morgan fingerprint density at radius 2 is 1.90 bits per heavy atom. The van der Waals surface area contributed by atoms with Gasteiger partial charge in [0.2, 0.25) is 5.91 Å². The van der Waals surface area contributed by atoms with Crippen LogP contribution < -0.4 is 10.5 Å². The van der Waals surface area contributed by atoms with Gasteiger partial charge in [-0.3, -0.25) is 9.20 Å². The number of benzene rings is 2. The first-order chi connectivity index (χ1) is 19.3. The van der Waals surface area contributed by atoms with Crippen molar-refractivity contribution in [3.8, 4) is 17.0 Å². The Morgan fingerprint density at radius 1 is 1.07 bits per heavy atom. The van der Waals surface area contributed by atoms with Crippen LogP contribution in [0.2, 0.25) is 0 Å². The molecule has 2 aromatic heterocycles. The Labute approximate surface area is 233 Å². The highest BCUT2D eigenvalue weighted by molar-refractivity contribution is 5.86. The van der Waals surface area contributed by atoms with Crippen LogP contribution in [-0.4, -0.2) is 50.0 Å². The normalized spacial score (nSPS) is 22.4. The average Bonchev–Trinajstić information content (AvgIpc) is 3.66. The molecular weight excluding hydrogens is 502 g/mol. The van der Waals surface area contributed by atoms with E-state index in [4.69, 9.17) is 15.5 Å². The van der Waals surface area contributed by atoms with Gasteiger partial charge in [-0.05, 0) is 62.1 Å². The number of methoxy groups -OCH3 is 1. The van der Waals surface area contributed by atoms with Crippen molar-refractivity contribution in [1.82, 2.24) is 19.3 Å². The number of imidazole rings is 1. The quantitative estimate of drug-likeness (QED) is 0.359. The molecule has 0 spiro atoms. The van der Waals surface area contributed by atoms with Crippen molar-refractivity contribution in [3.05, 3.63) is 77.4 Å². The second-order valence-corrected chi connectivity index (χ2v) is 11.7. The standard InChI is InChI=1S/C32H35N5O3/c1-32(39,23-5-3-4-20(16-23)19-6-7-19)25-12-9-21(17-26(25)40-2)28-29-30(33)34-14-15-36(29)31(35-28)22-8-10-24-11-13-27(38)37(24)18-22/h3-5,9,12,14-17,19,22,24,39H,6-8,10-11,13,18H2,1-2H3,(H2,33,34)/t22-,24+,32+/m1/s1. The number of ether oxygens (including phenoxy) is 1. The zero-order valence-electron chi connectivity index (χ0n) is 23.0. The summed E-state index contributed by atoms with van der Waals surface area (Å²) in [6, 6.07) is 14.4. The molecule has 206 valence electrons. The van der Waals surface area contributed by atoms with Crippen molar-refractivity contribution < 1.29 is 14.6 Å². The Bertz CT molecular complexity index is 1620. The number of hydrogen-bond donors (Lipinski definition) is 2. The predicted octanol–water partition coefficient (Wildman–Crippen LogP) is 4.99. The molecular formula is C32H35N5O3. The average molecular weight is 538 g/mol. The number of amides is 1. The van der Waals surface area contributed by atoms with Crippen LogP contribution in [0, 0.1) is 0 Å². The van der Waals surface area contributed by atoms with E-state index in [0.29, 0.717) is 42.1 Å². The summed E-state index contributed by atoms with van der Waals surface area (Å²) in [4.78, 5) is 24.0. The molecule has 40 heavy (non-hydrogen) atoms. The molecule has 7 rings (SSSR count). The van der Waals surface area contributed by atoms with E-state index in [9.17, 15) is 9.90 Å². The van der Waals surface area contributed by atoms with Crippen molar-refractivity contribution in [3.63, 3.8) is 0 Å². The fourth-order valence-corrected chi connectivity index (χ4v) is 6.76. The Morgan fingerprint density at radius 3 is 2.70 bits per heavy atom. The first-order valence-corrected chi connectivity index (χ1v) is 14.3. The molecule has 1 saturated carbocycles. The maximum atomic E-state index is 12.5. The van der Waals surface area contributed by atoms with Gasteiger partial charge in [0.25, 0.3) is 0 Å². The fraction of sp³-hybridized carbons (Fsp3) is 0.406. The van der Waals surface area contributed by atoms with Gasteiger partial charge in [-0.25, -0.2) is 9.97 Å². The third kappa shape index (κ3) is 4.04. The number of aliphatic hydroxyl groups is 1. The molecule has 4 aromatic rings. The lowest BCUT2D eigenvalue weighted by atomic mass is 9.85. The summed E-state index contributed by atoms with van der Waals surface area (Å²) in [5.74, 6) is 2.82. The number of nitrogen functional groups attached to an aromatic ring is 1. The zero-order valence-corrected chi connectivity index (χ0v) is 23.0. The fourth-order valence-electron chi connectivity index (χ4n) is 6.76. The molecule has 3 N–H and O–H groups in total. The lowest BCUT2D eigenvalue weighted by Crippen LogP contribution is -2.41. The van der Waals surface area contributed by atoms with Gasteiger partial charge >= 0.3 is 0 Å². The van der Waals surface area contributed by atoms with Gasteiger partial charge in [0.05, 0.1) is 7.11 Å². The minimum absolute atomic E-state index is 0.113. The van der Waals surface area contributed by atoms with E-state index in [1.165, 1.54) is 18.4 Å². The van der Waals surface area contributed by atoms with Crippen LogP contribution in [-0.2, 0) is 10.4 Å². The van der Waals surface area contributed by atoms with Gasteiger partial charge in [0, 0.05) is 48.4 Å². The van der Waals surface area contributed by atoms with E-state index >= 15 is 0 Å². The maximum absolute atomic E-state index is 12.5. The number of nitrogens with zero attached hydrogens (tertiary/aromatic N) is 4. The van der Waals surface area contributed by atoms with E-state index in [0.717, 1.165) is 47.4 Å². The molecule has 3 aliphatic rings. The number of nitrogens with two attached hydrogens (primary N) is 1. The third-order valence-electron chi connectivity index (χ3n) is 9.19. The number of carbonyl (C=O) groups excluding carboxylic acids is 1. The lowest BCUT2D eigenvalue weighted by Gasteiger charge is -2.34. The minimum Gasteiger partial charge on any atom is -0.496 e. The van der Waals surface area contributed by atoms with Gasteiger partial charge in [-0.2, -0.15) is 0 Å². The predicted molar refractivity (Wildman–Crippen MR) is 153 cm³/mol. The van der Waals surface area contributed by atoms with Crippen molar-refractivity contribution in [2.45, 2.75) is 68.9 Å². The van der Waals surface area contributed by atoms with Gasteiger partial charge in [-0.1, -0.05) is 36.4 Å². The lowest BCUT2D eigenvalue weighted by molar-refractivity contribution is -0.130. The number of piperidine rings is 1. The molecule has 0 bridgehead atoms. The van der Waals surface area contributed by atoms with E-state index in [-0.39, 0.29) is 11.8 Å². The van der Waals surface area contributed by atoms with E-state index in [2.05, 4.69) is 17.1 Å². The SMILES string of the molecule is COc1cc(-c2nc([C@@H]3CC[C@H]4CCC(=O)N4C3)n3ccnc(N)c23)ccc1[C@@](C)(O)c1cccc(C2CC2)c1. The number of carbonyl (C=O) groups is 1. The second-order valence-electron chi connectivity index (χ2n) is 11.7. The van der Waals surface area contributed by atoms with Crippen LogP contribution in [0.25, 0.3) is 16.8 Å². The topological polar surface area (TPSA) is 106 Å². The first kappa shape index (κ1) is 25.1. The zero-order chi connectivity index (χ0) is 27.6. The van der Waals surface area contributed by atoms with Crippen molar-refractivity contribution >= 4 is 17.2 Å². The molecule has 2 saturated heterocycles. The van der Waals surface area contributed by atoms with E-state index < -0.39 is 5.60 Å². The van der Waals surface area contributed by atoms with E-state index in [1.54, 1.807) is 13.3 Å². The van der Waals surface area contributed by atoms with Gasteiger partial charge in [0.15, 0.2) is 0 Å². The Kier molecular flexibility index (Phi) is 5.85. The van der Waals surface area contributed by atoms with Crippen LogP contribution in [0.4, 0.5) is 5.82 Å². The third-order valence-corrected chi connectivity index (χ3v) is 9.19. The highest BCUT2D eigenvalue weighted by Crippen LogP contribution is 2.44. The summed E-state index contributed by atoms with van der Waals surface area (Å²) in [6.45, 7) is 2.49. The summed E-state index contributed by atoms with van der Waals surface area (Å²) >= 11 is 0. The van der Waals surface area contributed by atoms with Crippen molar-refractivity contribution in [2.24, 2.45) is 0 Å². The molecule has 2 aliphatic heterocycles. The summed E-state index contributed by atoms with van der Waals surface area (Å²) in [5.41, 5.74) is 10.3. The molecule has 3 fully saturated rings. The molecule has 0 radical (unpaired) electrons. The van der Waals surface area contributed by atoms with Crippen LogP contribution in [0.5, 0.6) is 5.75 Å². The summed E-state index contributed by atoms with van der Waals surface area (Å²) in [7, 11) is 1.62. The Hall–Kier alpha value is -3.91. The number of anilines is 1. The summed E-state index contributed by atoms with van der Waals surface area (Å²) in [6.07, 6.45) is 9.57. The highest BCUT2D eigenvalue weighted by atomic mass is 16.5.